The average Bonchev–Trinajstić information content (AvgIpc) is 2.94. The van der Waals surface area contributed by atoms with Gasteiger partial charge in [-0.2, -0.15) is 10.2 Å². The molecule has 0 radical (unpaired) electrons. The van der Waals surface area contributed by atoms with E-state index in [1.165, 1.54) is 35.7 Å². The molecule has 0 aliphatic carbocycles. The van der Waals surface area contributed by atoms with Crippen LogP contribution in [0.3, 0.4) is 0 Å². The molecule has 2 heterocycles. The van der Waals surface area contributed by atoms with Crippen LogP contribution in [-0.2, 0) is 18.3 Å². The number of anilines is 1. The van der Waals surface area contributed by atoms with Crippen LogP contribution in [0.1, 0.15) is 33.6 Å². The minimum Gasteiger partial charge on any atom is -0.464 e. The summed E-state index contributed by atoms with van der Waals surface area (Å²) in [6.07, 6.45) is 0. The second-order valence-corrected chi connectivity index (χ2v) is 6.03. The number of nitrogens with zero attached hydrogens (tertiary/aromatic N) is 4. The summed E-state index contributed by atoms with van der Waals surface area (Å²) in [5.41, 5.74) is -0.215. The molecule has 0 spiro atoms. The van der Waals surface area contributed by atoms with Crippen molar-refractivity contribution in [1.82, 2.24) is 19.6 Å². The molecule has 3 rings (SSSR count). The number of hydrogen-bond donors (Lipinski definition) is 1. The molecule has 1 aromatic carbocycles. The molecule has 10 heteroatoms. The molecule has 0 saturated carbocycles. The Morgan fingerprint density at radius 3 is 2.64 bits per heavy atom. The molecule has 0 fully saturated rings. The van der Waals surface area contributed by atoms with Crippen molar-refractivity contribution in [2.24, 2.45) is 7.05 Å². The Balaban J connectivity index is 2.12. The van der Waals surface area contributed by atoms with Crippen LogP contribution in [0.2, 0.25) is 0 Å². The zero-order valence-corrected chi connectivity index (χ0v) is 15.7. The number of aromatic nitrogens is 4. The third-order valence-corrected chi connectivity index (χ3v) is 4.27. The molecule has 1 N–H and O–H groups in total. The molecule has 3 aromatic rings. The molecule has 1 amide bonds. The fraction of sp³-hybridized carbons (Fsp3) is 0.278. The van der Waals surface area contributed by atoms with E-state index >= 15 is 0 Å². The largest absolute Gasteiger partial charge is 0.464 e. The van der Waals surface area contributed by atoms with Gasteiger partial charge >= 0.3 is 5.97 Å². The molecule has 146 valence electrons. The van der Waals surface area contributed by atoms with Crippen LogP contribution in [0.4, 0.5) is 10.1 Å². The number of hydrogen-bond acceptors (Lipinski definition) is 6. The Morgan fingerprint density at radius 1 is 1.29 bits per heavy atom. The maximum Gasteiger partial charge on any atom is 0.358 e. The van der Waals surface area contributed by atoms with Crippen molar-refractivity contribution < 1.29 is 18.7 Å². The first-order valence-corrected chi connectivity index (χ1v) is 8.42. The second kappa shape index (κ2) is 7.22. The van der Waals surface area contributed by atoms with Gasteiger partial charge in [-0.25, -0.2) is 9.18 Å². The lowest BCUT2D eigenvalue weighted by molar-refractivity contribution is 0.0589. The summed E-state index contributed by atoms with van der Waals surface area (Å²) in [5, 5.41) is 10.7. The first-order valence-electron chi connectivity index (χ1n) is 8.42. The number of fused-ring (bicyclic) bond motifs is 1. The zero-order valence-electron chi connectivity index (χ0n) is 15.7. The Morgan fingerprint density at radius 2 is 2.00 bits per heavy atom. The lowest BCUT2D eigenvalue weighted by Crippen LogP contribution is -2.28. The van der Waals surface area contributed by atoms with Gasteiger partial charge in [0, 0.05) is 13.6 Å². The molecule has 0 bridgehead atoms. The quantitative estimate of drug-likeness (QED) is 0.682. The number of amides is 1. The molecule has 0 aliphatic heterocycles. The number of ether oxygens (including phenoxy) is 1. The number of carbonyl (C=O) groups excluding carboxylic acids is 2. The lowest BCUT2D eigenvalue weighted by Gasteiger charge is -2.11. The Kier molecular flexibility index (Phi) is 4.95. The number of aryl methyl sites for hydroxylation is 3. The maximum atomic E-state index is 13.6. The topological polar surface area (TPSA) is 108 Å². The van der Waals surface area contributed by atoms with Crippen LogP contribution in [0.25, 0.3) is 10.9 Å². The molecular weight excluding hydrogens is 369 g/mol. The van der Waals surface area contributed by atoms with Gasteiger partial charge in [-0.05, 0) is 32.0 Å². The van der Waals surface area contributed by atoms with E-state index in [9.17, 15) is 18.8 Å². The standard InChI is InChI=1S/C18H18FN5O4/c1-5-24-12-7-6-10(19)8-11(12)16(25)14(22-24)17(26)20-13-9(2)21-23(3)15(13)18(27)28-4/h6-8H,5H2,1-4H3,(H,20,26). The molecule has 2 aromatic heterocycles. The van der Waals surface area contributed by atoms with E-state index in [-0.39, 0.29) is 16.8 Å². The van der Waals surface area contributed by atoms with Crippen molar-refractivity contribution >= 4 is 28.5 Å². The molecule has 0 atom stereocenters. The van der Waals surface area contributed by atoms with E-state index in [1.807, 2.05) is 0 Å². The molecule has 0 saturated heterocycles. The minimum atomic E-state index is -0.834. The van der Waals surface area contributed by atoms with Crippen molar-refractivity contribution in [2.75, 3.05) is 12.4 Å². The first kappa shape index (κ1) is 19.2. The second-order valence-electron chi connectivity index (χ2n) is 6.03. The fourth-order valence-electron chi connectivity index (χ4n) is 2.96. The Hall–Kier alpha value is -3.56. The van der Waals surface area contributed by atoms with Crippen LogP contribution in [0.15, 0.2) is 23.0 Å². The van der Waals surface area contributed by atoms with Gasteiger partial charge < -0.3 is 10.1 Å². The molecule has 0 aliphatic rings. The Labute approximate surface area is 158 Å². The summed E-state index contributed by atoms with van der Waals surface area (Å²) in [7, 11) is 2.73. The maximum absolute atomic E-state index is 13.6. The summed E-state index contributed by atoms with van der Waals surface area (Å²) in [4.78, 5) is 37.5. The average molecular weight is 387 g/mol. The molecule has 28 heavy (non-hydrogen) atoms. The van der Waals surface area contributed by atoms with Gasteiger partial charge in [0.25, 0.3) is 5.91 Å². The highest BCUT2D eigenvalue weighted by Crippen LogP contribution is 2.21. The van der Waals surface area contributed by atoms with Gasteiger partial charge in [-0.15, -0.1) is 0 Å². The third-order valence-electron chi connectivity index (χ3n) is 4.27. The highest BCUT2D eigenvalue weighted by Gasteiger charge is 2.25. The first-order chi connectivity index (χ1) is 13.3. The zero-order chi connectivity index (χ0) is 20.6. The fourth-order valence-corrected chi connectivity index (χ4v) is 2.96. The molecule has 0 unspecified atom stereocenters. The van der Waals surface area contributed by atoms with Crippen LogP contribution in [0.5, 0.6) is 0 Å². The van der Waals surface area contributed by atoms with Gasteiger partial charge in [0.2, 0.25) is 5.43 Å². The van der Waals surface area contributed by atoms with Gasteiger partial charge in [0.05, 0.1) is 29.4 Å². The van der Waals surface area contributed by atoms with Crippen molar-refractivity contribution in [1.29, 1.82) is 0 Å². The van der Waals surface area contributed by atoms with Gasteiger partial charge in [-0.1, -0.05) is 0 Å². The number of rotatable bonds is 4. The van der Waals surface area contributed by atoms with E-state index in [4.69, 9.17) is 4.74 Å². The predicted octanol–water partition coefficient (Wildman–Crippen LogP) is 1.64. The SMILES string of the molecule is CCn1nc(C(=O)Nc2c(C)nn(C)c2C(=O)OC)c(=O)c2cc(F)ccc21. The van der Waals surface area contributed by atoms with E-state index in [1.54, 1.807) is 13.8 Å². The van der Waals surface area contributed by atoms with Crippen molar-refractivity contribution in [3.05, 3.63) is 51.3 Å². The van der Waals surface area contributed by atoms with Crippen LogP contribution in [-0.4, -0.2) is 38.5 Å². The number of methoxy groups -OCH3 is 1. The Bertz CT molecular complexity index is 1160. The van der Waals surface area contributed by atoms with Crippen LogP contribution >= 0.6 is 0 Å². The van der Waals surface area contributed by atoms with E-state index in [0.717, 1.165) is 6.07 Å². The lowest BCUT2D eigenvalue weighted by atomic mass is 10.2. The number of carbonyl (C=O) groups is 2. The van der Waals surface area contributed by atoms with Gasteiger partial charge in [0.15, 0.2) is 11.4 Å². The highest BCUT2D eigenvalue weighted by molar-refractivity contribution is 6.07. The minimum absolute atomic E-state index is 0.0241. The highest BCUT2D eigenvalue weighted by atomic mass is 19.1. The summed E-state index contributed by atoms with van der Waals surface area (Å²) in [5.74, 6) is -2.13. The van der Waals surface area contributed by atoms with E-state index in [0.29, 0.717) is 17.8 Å². The van der Waals surface area contributed by atoms with Gasteiger partial charge in [0.1, 0.15) is 5.82 Å². The monoisotopic (exact) mass is 387 g/mol. The van der Waals surface area contributed by atoms with Gasteiger partial charge in [-0.3, -0.25) is 19.0 Å². The number of benzene rings is 1. The normalized spacial score (nSPS) is 10.9. The van der Waals surface area contributed by atoms with E-state index in [2.05, 4.69) is 15.5 Å². The molecular formula is C18H18FN5O4. The smallest absolute Gasteiger partial charge is 0.358 e. The van der Waals surface area contributed by atoms with Crippen molar-refractivity contribution in [2.45, 2.75) is 20.4 Å². The summed E-state index contributed by atoms with van der Waals surface area (Å²) in [6, 6.07) is 3.72. The summed E-state index contributed by atoms with van der Waals surface area (Å²) in [6.45, 7) is 3.74. The number of esters is 1. The van der Waals surface area contributed by atoms with E-state index < -0.39 is 28.8 Å². The van der Waals surface area contributed by atoms with Crippen molar-refractivity contribution in [3.8, 4) is 0 Å². The summed E-state index contributed by atoms with van der Waals surface area (Å²) < 4.78 is 21.1. The molecule has 9 nitrogen and oxygen atoms in total. The third kappa shape index (κ3) is 3.13. The summed E-state index contributed by atoms with van der Waals surface area (Å²) >= 11 is 0. The van der Waals surface area contributed by atoms with Crippen LogP contribution < -0.4 is 10.7 Å². The van der Waals surface area contributed by atoms with Crippen molar-refractivity contribution in [3.63, 3.8) is 0 Å². The van der Waals surface area contributed by atoms with Crippen LogP contribution in [0, 0.1) is 12.7 Å². The predicted molar refractivity (Wildman–Crippen MR) is 98.9 cm³/mol. The number of halogens is 1. The number of nitrogens with one attached hydrogen (secondary N) is 1.